The molecule has 0 unspecified atom stereocenters. The Morgan fingerprint density at radius 3 is 2.32 bits per heavy atom. The fourth-order valence-electron chi connectivity index (χ4n) is 2.89. The molecule has 0 saturated carbocycles. The monoisotopic (exact) mass is 333 g/mol. The molecule has 0 spiro atoms. The van der Waals surface area contributed by atoms with E-state index < -0.39 is 0 Å². The molecule has 0 atom stereocenters. The first kappa shape index (κ1) is 17.0. The van der Waals surface area contributed by atoms with Gasteiger partial charge in [-0.05, 0) is 44.0 Å². The second kappa shape index (κ2) is 7.39. The molecule has 2 aromatic carbocycles. The molecule has 0 saturated heterocycles. The Labute approximate surface area is 149 Å². The Balaban J connectivity index is 1.89. The smallest absolute Gasteiger partial charge is 0.216 e. The summed E-state index contributed by atoms with van der Waals surface area (Å²) < 4.78 is 11.5. The quantitative estimate of drug-likeness (QED) is 0.638. The van der Waals surface area contributed by atoms with E-state index in [9.17, 15) is 0 Å². The third-order valence-electron chi connectivity index (χ3n) is 4.38. The van der Waals surface area contributed by atoms with Crippen LogP contribution < -0.4 is 9.47 Å². The minimum atomic E-state index is 0.522. The first-order valence-electron chi connectivity index (χ1n) is 8.39. The van der Waals surface area contributed by atoms with Crippen molar-refractivity contribution in [3.63, 3.8) is 0 Å². The molecule has 3 nitrogen and oxygen atoms in total. The minimum Gasteiger partial charge on any atom is -0.496 e. The number of ether oxygens (including phenoxy) is 2. The van der Waals surface area contributed by atoms with Gasteiger partial charge in [-0.2, -0.15) is 0 Å². The van der Waals surface area contributed by atoms with Gasteiger partial charge < -0.3 is 9.47 Å². The van der Waals surface area contributed by atoms with Crippen molar-refractivity contribution >= 4 is 0 Å². The average molecular weight is 333 g/mol. The number of rotatable bonds is 5. The third-order valence-corrected chi connectivity index (χ3v) is 4.38. The molecule has 1 aromatic heterocycles. The Morgan fingerprint density at radius 1 is 0.840 bits per heavy atom. The maximum atomic E-state index is 5.99. The van der Waals surface area contributed by atoms with Crippen molar-refractivity contribution in [3.8, 4) is 22.8 Å². The fourth-order valence-corrected chi connectivity index (χ4v) is 2.89. The van der Waals surface area contributed by atoms with Crippen LogP contribution in [0.5, 0.6) is 11.6 Å². The third kappa shape index (κ3) is 3.66. The number of nitrogens with zero attached hydrogens (tertiary/aromatic N) is 1. The van der Waals surface area contributed by atoms with E-state index in [1.165, 1.54) is 11.1 Å². The number of hydrogen-bond donors (Lipinski definition) is 0. The van der Waals surface area contributed by atoms with E-state index >= 15 is 0 Å². The first-order valence-corrected chi connectivity index (χ1v) is 8.39. The molecule has 0 fully saturated rings. The normalized spacial score (nSPS) is 10.6. The van der Waals surface area contributed by atoms with Gasteiger partial charge in [-0.15, -0.1) is 0 Å². The maximum Gasteiger partial charge on any atom is 0.216 e. The second-order valence-electron chi connectivity index (χ2n) is 6.16. The maximum absolute atomic E-state index is 5.99. The zero-order valence-electron chi connectivity index (χ0n) is 15.2. The molecule has 0 aliphatic carbocycles. The van der Waals surface area contributed by atoms with Crippen molar-refractivity contribution in [2.45, 2.75) is 27.4 Å². The average Bonchev–Trinajstić information content (AvgIpc) is 2.63. The fraction of sp³-hybridized carbons (Fsp3) is 0.227. The molecular weight excluding hydrogens is 310 g/mol. The van der Waals surface area contributed by atoms with Crippen LogP contribution in [-0.4, -0.2) is 12.1 Å². The zero-order chi connectivity index (χ0) is 17.8. The lowest BCUT2D eigenvalue weighted by atomic mass is 10.0. The summed E-state index contributed by atoms with van der Waals surface area (Å²) in [4.78, 5) is 4.69. The largest absolute Gasteiger partial charge is 0.496 e. The molecule has 3 aromatic rings. The van der Waals surface area contributed by atoms with Crippen molar-refractivity contribution in [1.82, 2.24) is 4.98 Å². The van der Waals surface area contributed by atoms with Gasteiger partial charge in [0, 0.05) is 22.4 Å². The van der Waals surface area contributed by atoms with Crippen LogP contribution in [0.2, 0.25) is 0 Å². The Kier molecular flexibility index (Phi) is 5.03. The van der Waals surface area contributed by atoms with E-state index in [1.54, 1.807) is 7.11 Å². The highest BCUT2D eigenvalue weighted by Gasteiger charge is 2.13. The van der Waals surface area contributed by atoms with E-state index in [0.717, 1.165) is 28.1 Å². The standard InChI is InChI=1S/C22H23NO2/c1-15-9-5-6-10-18(15)14-25-22-16(2)13-20(17(3)23-22)19-11-7-8-12-21(19)24-4/h5-13H,14H2,1-4H3. The zero-order valence-corrected chi connectivity index (χ0v) is 15.2. The predicted molar refractivity (Wildman–Crippen MR) is 101 cm³/mol. The van der Waals surface area contributed by atoms with Gasteiger partial charge in [-0.3, -0.25) is 0 Å². The van der Waals surface area contributed by atoms with Crippen LogP contribution in [0.25, 0.3) is 11.1 Å². The van der Waals surface area contributed by atoms with Crippen molar-refractivity contribution in [2.24, 2.45) is 0 Å². The Morgan fingerprint density at radius 2 is 1.56 bits per heavy atom. The van der Waals surface area contributed by atoms with E-state index in [-0.39, 0.29) is 0 Å². The number of methoxy groups -OCH3 is 1. The van der Waals surface area contributed by atoms with Crippen LogP contribution in [0.1, 0.15) is 22.4 Å². The van der Waals surface area contributed by atoms with E-state index in [1.807, 2.05) is 44.2 Å². The van der Waals surface area contributed by atoms with Gasteiger partial charge in [0.2, 0.25) is 5.88 Å². The van der Waals surface area contributed by atoms with Gasteiger partial charge in [-0.1, -0.05) is 42.5 Å². The molecule has 0 N–H and O–H groups in total. The highest BCUT2D eigenvalue weighted by atomic mass is 16.5. The van der Waals surface area contributed by atoms with Crippen molar-refractivity contribution < 1.29 is 9.47 Å². The van der Waals surface area contributed by atoms with Crippen molar-refractivity contribution in [3.05, 3.63) is 77.0 Å². The van der Waals surface area contributed by atoms with Crippen LogP contribution in [0, 0.1) is 20.8 Å². The van der Waals surface area contributed by atoms with Crippen molar-refractivity contribution in [2.75, 3.05) is 7.11 Å². The molecule has 3 heteroatoms. The molecule has 0 bridgehead atoms. The first-order chi connectivity index (χ1) is 12.1. The molecule has 1 heterocycles. The Hall–Kier alpha value is -2.81. The highest BCUT2D eigenvalue weighted by molar-refractivity contribution is 5.73. The van der Waals surface area contributed by atoms with Crippen LogP contribution in [0.4, 0.5) is 0 Å². The summed E-state index contributed by atoms with van der Waals surface area (Å²) in [5.74, 6) is 1.53. The number of para-hydroxylation sites is 1. The number of aromatic nitrogens is 1. The lowest BCUT2D eigenvalue weighted by molar-refractivity contribution is 0.290. The van der Waals surface area contributed by atoms with Gasteiger partial charge in [0.05, 0.1) is 7.11 Å². The van der Waals surface area contributed by atoms with E-state index in [4.69, 9.17) is 14.5 Å². The topological polar surface area (TPSA) is 31.4 Å². The minimum absolute atomic E-state index is 0.522. The Bertz CT molecular complexity index is 887. The summed E-state index contributed by atoms with van der Waals surface area (Å²) in [6.07, 6.45) is 0. The number of hydrogen-bond acceptors (Lipinski definition) is 3. The predicted octanol–water partition coefficient (Wildman–Crippen LogP) is 5.26. The number of aryl methyl sites for hydroxylation is 3. The molecule has 0 aliphatic rings. The van der Waals surface area contributed by atoms with Gasteiger partial charge in [0.25, 0.3) is 0 Å². The molecule has 3 rings (SSSR count). The molecule has 0 radical (unpaired) electrons. The molecule has 128 valence electrons. The highest BCUT2D eigenvalue weighted by Crippen LogP contribution is 2.33. The van der Waals surface area contributed by atoms with E-state index in [2.05, 4.69) is 31.2 Å². The van der Waals surface area contributed by atoms with Crippen molar-refractivity contribution in [1.29, 1.82) is 0 Å². The summed E-state index contributed by atoms with van der Waals surface area (Å²) in [5.41, 5.74) is 6.45. The number of benzene rings is 2. The summed E-state index contributed by atoms with van der Waals surface area (Å²) in [6, 6.07) is 18.4. The van der Waals surface area contributed by atoms with Gasteiger partial charge in [-0.25, -0.2) is 4.98 Å². The van der Waals surface area contributed by atoms with Gasteiger partial charge in [0.15, 0.2) is 0 Å². The van der Waals surface area contributed by atoms with E-state index in [0.29, 0.717) is 12.5 Å². The van der Waals surface area contributed by atoms with Crippen LogP contribution >= 0.6 is 0 Å². The summed E-state index contributed by atoms with van der Waals surface area (Å²) in [7, 11) is 1.69. The van der Waals surface area contributed by atoms with Gasteiger partial charge in [0.1, 0.15) is 12.4 Å². The second-order valence-corrected chi connectivity index (χ2v) is 6.16. The van der Waals surface area contributed by atoms with Crippen LogP contribution in [0.15, 0.2) is 54.6 Å². The van der Waals surface area contributed by atoms with Crippen LogP contribution in [0.3, 0.4) is 0 Å². The summed E-state index contributed by atoms with van der Waals surface area (Å²) >= 11 is 0. The molecular formula is C22H23NO2. The molecule has 0 amide bonds. The SMILES string of the molecule is COc1ccccc1-c1cc(C)c(OCc2ccccc2C)nc1C. The van der Waals surface area contributed by atoms with Gasteiger partial charge >= 0.3 is 0 Å². The molecule has 25 heavy (non-hydrogen) atoms. The lowest BCUT2D eigenvalue weighted by Gasteiger charge is -2.15. The van der Waals surface area contributed by atoms with Crippen LogP contribution in [-0.2, 0) is 6.61 Å². The summed E-state index contributed by atoms with van der Waals surface area (Å²) in [6.45, 7) is 6.64. The lowest BCUT2D eigenvalue weighted by Crippen LogP contribution is -2.03. The molecule has 0 aliphatic heterocycles. The number of pyridine rings is 1. The summed E-state index contributed by atoms with van der Waals surface area (Å²) in [5, 5.41) is 0.